The van der Waals surface area contributed by atoms with E-state index in [1.54, 1.807) is 18.2 Å². The van der Waals surface area contributed by atoms with Crippen LogP contribution < -0.4 is 0 Å². The van der Waals surface area contributed by atoms with Crippen molar-refractivity contribution in [3.8, 4) is 0 Å². The summed E-state index contributed by atoms with van der Waals surface area (Å²) in [5.74, 6) is -1.10. The van der Waals surface area contributed by atoms with E-state index in [-0.39, 0.29) is 5.56 Å². The van der Waals surface area contributed by atoms with Crippen molar-refractivity contribution in [2.75, 3.05) is 7.11 Å². The van der Waals surface area contributed by atoms with Crippen molar-refractivity contribution in [1.29, 1.82) is 0 Å². The number of carbonyl (C=O) groups is 1. The van der Waals surface area contributed by atoms with Gasteiger partial charge in [0.1, 0.15) is 0 Å². The van der Waals surface area contributed by atoms with Gasteiger partial charge in [0.15, 0.2) is 0 Å². The lowest BCUT2D eigenvalue weighted by molar-refractivity contribution is -0.147. The second-order valence-corrected chi connectivity index (χ2v) is 2.71. The molecule has 0 atom stereocenters. The van der Waals surface area contributed by atoms with Crippen LogP contribution in [0.25, 0.3) is 0 Å². The molecule has 1 aromatic carbocycles. The standard InChI is InChI=1S/C9H8N2O4/c1-15-8(12)9(10-13,11-14)7-5-3-2-4-6-7/h2-6H,1H3. The number of nitroso groups, excluding NO2 is 2. The minimum absolute atomic E-state index is 0.0850. The Balaban J connectivity index is 3.29. The highest BCUT2D eigenvalue weighted by Crippen LogP contribution is 2.28. The first-order valence-electron chi connectivity index (χ1n) is 4.04. The van der Waals surface area contributed by atoms with E-state index in [4.69, 9.17) is 0 Å². The number of nitrogens with zero attached hydrogens (tertiary/aromatic N) is 2. The van der Waals surface area contributed by atoms with Crippen molar-refractivity contribution in [3.63, 3.8) is 0 Å². The highest BCUT2D eigenvalue weighted by atomic mass is 16.5. The molecule has 0 radical (unpaired) electrons. The number of hydrogen-bond donors (Lipinski definition) is 0. The molecule has 0 aliphatic heterocycles. The molecule has 0 aliphatic carbocycles. The maximum Gasteiger partial charge on any atom is 0.368 e. The Hall–Kier alpha value is -2.11. The quantitative estimate of drug-likeness (QED) is 0.554. The van der Waals surface area contributed by atoms with Crippen LogP contribution in [-0.2, 0) is 15.2 Å². The highest BCUT2D eigenvalue weighted by Gasteiger charge is 2.46. The van der Waals surface area contributed by atoms with Crippen LogP contribution in [0.15, 0.2) is 40.7 Å². The van der Waals surface area contributed by atoms with E-state index in [2.05, 4.69) is 15.1 Å². The molecule has 0 aliphatic rings. The molecule has 0 aromatic heterocycles. The molecule has 1 aromatic rings. The van der Waals surface area contributed by atoms with E-state index >= 15 is 0 Å². The number of methoxy groups -OCH3 is 1. The number of esters is 1. The lowest BCUT2D eigenvalue weighted by atomic mass is 10.0. The summed E-state index contributed by atoms with van der Waals surface area (Å²) in [5.41, 5.74) is -2.25. The first-order chi connectivity index (χ1) is 7.21. The predicted molar refractivity (Wildman–Crippen MR) is 51.7 cm³/mol. The Labute approximate surface area is 85.2 Å². The highest BCUT2D eigenvalue weighted by molar-refractivity contribution is 5.82. The molecular formula is C9H8N2O4. The summed E-state index contributed by atoms with van der Waals surface area (Å²) in [6.45, 7) is 0. The normalized spacial score (nSPS) is 10.5. The van der Waals surface area contributed by atoms with E-state index in [0.717, 1.165) is 7.11 Å². The molecule has 0 spiro atoms. The van der Waals surface area contributed by atoms with Crippen LogP contribution in [-0.4, -0.2) is 13.1 Å². The number of carbonyl (C=O) groups excluding carboxylic acids is 1. The van der Waals surface area contributed by atoms with Crippen LogP contribution in [0.1, 0.15) is 5.56 Å². The Morgan fingerprint density at radius 3 is 2.13 bits per heavy atom. The Morgan fingerprint density at radius 1 is 1.20 bits per heavy atom. The summed E-state index contributed by atoms with van der Waals surface area (Å²) in [7, 11) is 1.05. The number of ether oxygens (including phenoxy) is 1. The fourth-order valence-electron chi connectivity index (χ4n) is 1.13. The monoisotopic (exact) mass is 208 g/mol. The Bertz CT molecular complexity index is 369. The molecule has 0 saturated carbocycles. The number of benzene rings is 1. The van der Waals surface area contributed by atoms with Crippen molar-refractivity contribution < 1.29 is 9.53 Å². The molecule has 15 heavy (non-hydrogen) atoms. The summed E-state index contributed by atoms with van der Waals surface area (Å²) in [4.78, 5) is 32.5. The van der Waals surface area contributed by atoms with Gasteiger partial charge in [-0.05, 0) is 10.4 Å². The third-order valence-corrected chi connectivity index (χ3v) is 1.91. The van der Waals surface area contributed by atoms with Gasteiger partial charge in [-0.25, -0.2) is 4.79 Å². The second-order valence-electron chi connectivity index (χ2n) is 2.71. The molecule has 0 saturated heterocycles. The Morgan fingerprint density at radius 2 is 1.73 bits per heavy atom. The summed E-state index contributed by atoms with van der Waals surface area (Å²) in [6.07, 6.45) is 0. The van der Waals surface area contributed by atoms with Gasteiger partial charge in [0, 0.05) is 5.56 Å². The average Bonchev–Trinajstić information content (AvgIpc) is 2.32. The van der Waals surface area contributed by atoms with Crippen molar-refractivity contribution in [2.45, 2.75) is 5.66 Å². The van der Waals surface area contributed by atoms with Gasteiger partial charge in [0.05, 0.1) is 7.11 Å². The molecule has 0 bridgehead atoms. The minimum Gasteiger partial charge on any atom is -0.465 e. The van der Waals surface area contributed by atoms with E-state index in [9.17, 15) is 14.6 Å². The zero-order valence-electron chi connectivity index (χ0n) is 7.91. The molecule has 0 amide bonds. The lowest BCUT2D eigenvalue weighted by Crippen LogP contribution is -2.32. The molecule has 0 heterocycles. The van der Waals surface area contributed by atoms with Gasteiger partial charge in [-0.2, -0.15) is 0 Å². The zero-order valence-corrected chi connectivity index (χ0v) is 7.91. The van der Waals surface area contributed by atoms with E-state index in [1.165, 1.54) is 12.1 Å². The smallest absolute Gasteiger partial charge is 0.368 e. The summed E-state index contributed by atoms with van der Waals surface area (Å²) >= 11 is 0. The van der Waals surface area contributed by atoms with Crippen LogP contribution >= 0.6 is 0 Å². The number of rotatable bonds is 4. The first-order valence-corrected chi connectivity index (χ1v) is 4.04. The zero-order chi connectivity index (χ0) is 11.3. The molecule has 0 unspecified atom stereocenters. The van der Waals surface area contributed by atoms with E-state index < -0.39 is 11.6 Å². The molecule has 6 nitrogen and oxygen atoms in total. The molecule has 78 valence electrons. The molecular weight excluding hydrogens is 200 g/mol. The summed E-state index contributed by atoms with van der Waals surface area (Å²) < 4.78 is 4.33. The van der Waals surface area contributed by atoms with Gasteiger partial charge in [-0.1, -0.05) is 30.3 Å². The van der Waals surface area contributed by atoms with Crippen LogP contribution in [0.4, 0.5) is 0 Å². The molecule has 0 N–H and O–H groups in total. The van der Waals surface area contributed by atoms with Gasteiger partial charge in [-0.3, -0.25) is 0 Å². The Kier molecular flexibility index (Phi) is 3.22. The van der Waals surface area contributed by atoms with Gasteiger partial charge in [0.25, 0.3) is 0 Å². The van der Waals surface area contributed by atoms with Crippen LogP contribution in [0, 0.1) is 9.81 Å². The van der Waals surface area contributed by atoms with Crippen LogP contribution in [0.2, 0.25) is 0 Å². The van der Waals surface area contributed by atoms with Crippen molar-refractivity contribution in [2.24, 2.45) is 10.4 Å². The molecule has 0 fully saturated rings. The summed E-state index contributed by atoms with van der Waals surface area (Å²) in [5, 5.41) is 4.95. The third kappa shape index (κ3) is 1.74. The topological polar surface area (TPSA) is 85.2 Å². The van der Waals surface area contributed by atoms with Crippen molar-refractivity contribution in [3.05, 3.63) is 45.7 Å². The SMILES string of the molecule is COC(=O)C(N=O)(N=O)c1ccccc1. The van der Waals surface area contributed by atoms with Gasteiger partial charge < -0.3 is 4.74 Å². The maximum atomic E-state index is 11.3. The largest absolute Gasteiger partial charge is 0.465 e. The first kappa shape index (κ1) is 11.0. The average molecular weight is 208 g/mol. The van der Waals surface area contributed by atoms with Crippen molar-refractivity contribution >= 4 is 5.97 Å². The number of hydrogen-bond acceptors (Lipinski definition) is 6. The fourth-order valence-corrected chi connectivity index (χ4v) is 1.13. The van der Waals surface area contributed by atoms with E-state index in [1.807, 2.05) is 0 Å². The van der Waals surface area contributed by atoms with Crippen molar-refractivity contribution in [1.82, 2.24) is 0 Å². The van der Waals surface area contributed by atoms with Crippen LogP contribution in [0.5, 0.6) is 0 Å². The summed E-state index contributed by atoms with van der Waals surface area (Å²) in [6, 6.07) is 7.59. The second kappa shape index (κ2) is 4.41. The van der Waals surface area contributed by atoms with E-state index in [0.29, 0.717) is 0 Å². The molecule has 1 rings (SSSR count). The maximum absolute atomic E-state index is 11.3. The lowest BCUT2D eigenvalue weighted by Gasteiger charge is -2.15. The van der Waals surface area contributed by atoms with Gasteiger partial charge >= 0.3 is 11.6 Å². The fraction of sp³-hybridized carbons (Fsp3) is 0.222. The van der Waals surface area contributed by atoms with Gasteiger partial charge in [-0.15, -0.1) is 9.81 Å². The minimum atomic E-state index is -2.34. The molecule has 6 heteroatoms. The third-order valence-electron chi connectivity index (χ3n) is 1.91. The van der Waals surface area contributed by atoms with Gasteiger partial charge in [0.2, 0.25) is 0 Å². The van der Waals surface area contributed by atoms with Crippen LogP contribution in [0.3, 0.4) is 0 Å². The predicted octanol–water partition coefficient (Wildman–Crippen LogP) is 1.55.